The summed E-state index contributed by atoms with van der Waals surface area (Å²) in [7, 11) is 3.08. The highest BCUT2D eigenvalue weighted by atomic mass is 35.5. The topological polar surface area (TPSA) is 78.6 Å². The molecule has 0 unspecified atom stereocenters. The van der Waals surface area contributed by atoms with Crippen molar-refractivity contribution in [3.63, 3.8) is 0 Å². The smallest absolute Gasteiger partial charge is 0.338 e. The summed E-state index contributed by atoms with van der Waals surface area (Å²) in [5.74, 6) is 0.716. The molecule has 0 saturated heterocycles. The Kier molecular flexibility index (Phi) is 3.85. The van der Waals surface area contributed by atoms with Crippen LogP contribution in [0.25, 0.3) is 16.7 Å². The molecule has 25 heavy (non-hydrogen) atoms. The molecule has 0 amide bonds. The van der Waals surface area contributed by atoms with Gasteiger partial charge in [0.2, 0.25) is 0 Å². The van der Waals surface area contributed by atoms with Gasteiger partial charge in [-0.25, -0.2) is 9.78 Å². The van der Waals surface area contributed by atoms with E-state index >= 15 is 0 Å². The molecule has 0 atom stereocenters. The molecule has 1 fully saturated rings. The lowest BCUT2D eigenvalue weighted by atomic mass is 9.81. The highest BCUT2D eigenvalue weighted by molar-refractivity contribution is 6.32. The average Bonchev–Trinajstić information content (AvgIpc) is 2.99. The van der Waals surface area contributed by atoms with Gasteiger partial charge in [0.1, 0.15) is 5.82 Å². The van der Waals surface area contributed by atoms with Gasteiger partial charge in [0.25, 0.3) is 0 Å². The van der Waals surface area contributed by atoms with Crippen molar-refractivity contribution >= 4 is 34.3 Å². The Hall–Kier alpha value is -2.25. The van der Waals surface area contributed by atoms with E-state index in [4.69, 9.17) is 21.1 Å². The van der Waals surface area contributed by atoms with E-state index in [0.29, 0.717) is 16.7 Å². The standard InChI is InChI=1S/C17H17ClN4O3/c1-8-4-13-12(7-11(8)17(23)25-3)19-14(18)16-21-20-15(22(13)16)9-5-10(6-9)24-2/h4,7,9-10H,5-6H2,1-3H3. The summed E-state index contributed by atoms with van der Waals surface area (Å²) in [6.07, 6.45) is 2.06. The molecule has 0 spiro atoms. The third kappa shape index (κ3) is 2.46. The Labute approximate surface area is 148 Å². The van der Waals surface area contributed by atoms with Crippen LogP contribution < -0.4 is 0 Å². The fourth-order valence-electron chi connectivity index (χ4n) is 3.34. The minimum atomic E-state index is -0.400. The third-order valence-corrected chi connectivity index (χ3v) is 5.11. The van der Waals surface area contributed by atoms with Crippen molar-refractivity contribution in [2.24, 2.45) is 0 Å². The zero-order valence-corrected chi connectivity index (χ0v) is 14.9. The molecule has 2 heterocycles. The number of aromatic nitrogens is 4. The number of ether oxygens (including phenoxy) is 2. The Morgan fingerprint density at radius 2 is 2.04 bits per heavy atom. The van der Waals surface area contributed by atoms with Crippen LogP contribution >= 0.6 is 11.6 Å². The summed E-state index contributed by atoms with van der Waals surface area (Å²) in [6.45, 7) is 1.86. The summed E-state index contributed by atoms with van der Waals surface area (Å²) in [4.78, 5) is 16.3. The van der Waals surface area contributed by atoms with Crippen LogP contribution in [0.4, 0.5) is 0 Å². The SMILES string of the molecule is COC(=O)c1cc2nc(Cl)c3nnc(C4CC(OC)C4)n3c2cc1C. The van der Waals surface area contributed by atoms with Crippen LogP contribution in [0, 0.1) is 6.92 Å². The van der Waals surface area contributed by atoms with Crippen molar-refractivity contribution in [2.75, 3.05) is 14.2 Å². The molecule has 0 aliphatic heterocycles. The van der Waals surface area contributed by atoms with Gasteiger partial charge >= 0.3 is 5.97 Å². The van der Waals surface area contributed by atoms with E-state index in [1.54, 1.807) is 13.2 Å². The Bertz CT molecular complexity index is 995. The Morgan fingerprint density at radius 1 is 1.28 bits per heavy atom. The van der Waals surface area contributed by atoms with E-state index in [-0.39, 0.29) is 17.2 Å². The molecule has 1 aliphatic rings. The number of esters is 1. The van der Waals surface area contributed by atoms with Crippen LogP contribution in [0.3, 0.4) is 0 Å². The van der Waals surface area contributed by atoms with Gasteiger partial charge < -0.3 is 9.47 Å². The number of benzene rings is 1. The maximum atomic E-state index is 11.9. The van der Waals surface area contributed by atoms with Gasteiger partial charge in [0.15, 0.2) is 10.8 Å². The van der Waals surface area contributed by atoms with E-state index < -0.39 is 5.97 Å². The number of aryl methyl sites for hydroxylation is 1. The zero-order valence-electron chi connectivity index (χ0n) is 14.1. The van der Waals surface area contributed by atoms with Crippen LogP contribution in [-0.2, 0) is 9.47 Å². The first-order valence-corrected chi connectivity index (χ1v) is 8.37. The first kappa shape index (κ1) is 16.2. The highest BCUT2D eigenvalue weighted by Crippen LogP contribution is 2.39. The summed E-state index contributed by atoms with van der Waals surface area (Å²) in [5.41, 5.74) is 3.22. The van der Waals surface area contributed by atoms with E-state index in [1.807, 2.05) is 17.4 Å². The maximum Gasteiger partial charge on any atom is 0.338 e. The molecule has 8 heteroatoms. The second-order valence-electron chi connectivity index (χ2n) is 6.29. The Balaban J connectivity index is 1.94. The van der Waals surface area contributed by atoms with E-state index in [0.717, 1.165) is 29.7 Å². The van der Waals surface area contributed by atoms with Crippen LogP contribution in [-0.4, -0.2) is 45.9 Å². The van der Waals surface area contributed by atoms with Crippen LogP contribution in [0.1, 0.15) is 40.5 Å². The number of hydrogen-bond donors (Lipinski definition) is 0. The fraction of sp³-hybridized carbons (Fsp3) is 0.412. The summed E-state index contributed by atoms with van der Waals surface area (Å²) in [5, 5.41) is 8.81. The molecule has 0 N–H and O–H groups in total. The van der Waals surface area contributed by atoms with E-state index in [1.165, 1.54) is 7.11 Å². The Morgan fingerprint density at radius 3 is 2.72 bits per heavy atom. The van der Waals surface area contributed by atoms with Crippen LogP contribution in [0.15, 0.2) is 12.1 Å². The zero-order chi connectivity index (χ0) is 17.7. The largest absolute Gasteiger partial charge is 0.465 e. The number of carbonyl (C=O) groups excluding carboxylic acids is 1. The van der Waals surface area contributed by atoms with Crippen LogP contribution in [0.5, 0.6) is 0 Å². The predicted octanol–water partition coefficient (Wildman–Crippen LogP) is 2.92. The third-order valence-electron chi connectivity index (χ3n) is 4.85. The minimum Gasteiger partial charge on any atom is -0.465 e. The summed E-state index contributed by atoms with van der Waals surface area (Å²) in [6, 6.07) is 3.60. The quantitative estimate of drug-likeness (QED) is 0.668. The van der Waals surface area contributed by atoms with E-state index in [2.05, 4.69) is 15.2 Å². The number of hydrogen-bond acceptors (Lipinski definition) is 6. The van der Waals surface area contributed by atoms with Crippen molar-refractivity contribution in [3.8, 4) is 0 Å². The predicted molar refractivity (Wildman–Crippen MR) is 92.1 cm³/mol. The summed E-state index contributed by atoms with van der Waals surface area (Å²) < 4.78 is 12.1. The van der Waals surface area contributed by atoms with Crippen molar-refractivity contribution in [2.45, 2.75) is 31.8 Å². The van der Waals surface area contributed by atoms with Crippen molar-refractivity contribution in [3.05, 3.63) is 34.2 Å². The van der Waals surface area contributed by atoms with Gasteiger partial charge in [-0.3, -0.25) is 4.40 Å². The van der Waals surface area contributed by atoms with Crippen LogP contribution in [0.2, 0.25) is 5.15 Å². The fourth-order valence-corrected chi connectivity index (χ4v) is 3.55. The molecule has 1 aromatic carbocycles. The number of rotatable bonds is 3. The van der Waals surface area contributed by atoms with Crippen molar-refractivity contribution in [1.29, 1.82) is 0 Å². The van der Waals surface area contributed by atoms with Gasteiger partial charge in [-0.15, -0.1) is 10.2 Å². The normalized spacial score (nSPS) is 20.0. The molecule has 0 radical (unpaired) electrons. The molecule has 4 rings (SSSR count). The minimum absolute atomic E-state index is 0.258. The molecular formula is C17H17ClN4O3. The first-order chi connectivity index (χ1) is 12.0. The lowest BCUT2D eigenvalue weighted by Gasteiger charge is -2.32. The second kappa shape index (κ2) is 5.93. The monoisotopic (exact) mass is 360 g/mol. The molecular weight excluding hydrogens is 344 g/mol. The van der Waals surface area contributed by atoms with Crippen molar-refractivity contribution < 1.29 is 14.3 Å². The number of methoxy groups -OCH3 is 2. The highest BCUT2D eigenvalue weighted by Gasteiger charge is 2.34. The first-order valence-electron chi connectivity index (χ1n) is 7.99. The molecule has 1 aliphatic carbocycles. The van der Waals surface area contributed by atoms with Gasteiger partial charge in [-0.1, -0.05) is 11.6 Å². The van der Waals surface area contributed by atoms with E-state index in [9.17, 15) is 4.79 Å². The maximum absolute atomic E-state index is 11.9. The summed E-state index contributed by atoms with van der Waals surface area (Å²) >= 11 is 6.30. The number of halogens is 1. The molecule has 3 aromatic rings. The van der Waals surface area contributed by atoms with Crippen molar-refractivity contribution in [1.82, 2.24) is 19.6 Å². The molecule has 0 bridgehead atoms. The number of carbonyl (C=O) groups is 1. The number of nitrogens with zero attached hydrogens (tertiary/aromatic N) is 4. The van der Waals surface area contributed by atoms with Gasteiger partial charge in [0, 0.05) is 13.0 Å². The van der Waals surface area contributed by atoms with Gasteiger partial charge in [0.05, 0.1) is 29.8 Å². The second-order valence-corrected chi connectivity index (χ2v) is 6.65. The lowest BCUT2D eigenvalue weighted by molar-refractivity contribution is 0.0235. The molecule has 2 aromatic heterocycles. The molecule has 130 valence electrons. The lowest BCUT2D eigenvalue weighted by Crippen LogP contribution is -2.30. The molecule has 7 nitrogen and oxygen atoms in total. The van der Waals surface area contributed by atoms with Gasteiger partial charge in [-0.2, -0.15) is 0 Å². The van der Waals surface area contributed by atoms with Gasteiger partial charge in [-0.05, 0) is 37.5 Å². The molecule has 1 saturated carbocycles. The number of fused-ring (bicyclic) bond motifs is 3. The average molecular weight is 361 g/mol.